The minimum Gasteiger partial charge on any atom is -0.465 e. The summed E-state index contributed by atoms with van der Waals surface area (Å²) in [7, 11) is 0. The molecule has 4 rings (SSSR count). The normalized spacial score (nSPS) is 11.0. The number of hydrogen-bond donors (Lipinski definition) is 0. The van der Waals surface area contributed by atoms with E-state index in [0.717, 1.165) is 11.3 Å². The molecule has 4 aromatic heterocycles. The van der Waals surface area contributed by atoms with Gasteiger partial charge < -0.3 is 18.9 Å². The number of nitro groups is 1. The van der Waals surface area contributed by atoms with Crippen LogP contribution in [0.25, 0.3) is 33.2 Å². The van der Waals surface area contributed by atoms with Crippen molar-refractivity contribution in [1.29, 1.82) is 0 Å². The van der Waals surface area contributed by atoms with E-state index in [1.807, 2.05) is 0 Å². The van der Waals surface area contributed by atoms with Crippen molar-refractivity contribution >= 4 is 40.2 Å². The van der Waals surface area contributed by atoms with Crippen molar-refractivity contribution in [1.82, 2.24) is 24.8 Å². The van der Waals surface area contributed by atoms with Crippen molar-refractivity contribution in [2.45, 2.75) is 40.8 Å². The number of hydrogen-bond acceptors (Lipinski definition) is 16. The van der Waals surface area contributed by atoms with Crippen LogP contribution in [0.3, 0.4) is 0 Å². The maximum Gasteiger partial charge on any atom is 0.324 e. The van der Waals surface area contributed by atoms with E-state index in [1.54, 1.807) is 92.1 Å². The van der Waals surface area contributed by atoms with E-state index < -0.39 is 28.8 Å². The number of rotatable bonds is 20. The maximum absolute atomic E-state index is 12.4. The lowest BCUT2D eigenvalue weighted by Crippen LogP contribution is -2.36. The molecule has 0 aromatic carbocycles. The van der Waals surface area contributed by atoms with Gasteiger partial charge in [0.15, 0.2) is 0 Å². The minimum atomic E-state index is -0.498. The zero-order valence-electron chi connectivity index (χ0n) is 30.5. The monoisotopic (exact) mass is 762 g/mol. The van der Waals surface area contributed by atoms with Gasteiger partial charge in [0.2, 0.25) is 0 Å². The van der Waals surface area contributed by atoms with Gasteiger partial charge in [-0.15, -0.1) is 0 Å². The summed E-state index contributed by atoms with van der Waals surface area (Å²) >= 11 is 1.01. The van der Waals surface area contributed by atoms with Crippen LogP contribution >= 0.6 is 11.3 Å². The molecule has 0 atom stereocenters. The van der Waals surface area contributed by atoms with Gasteiger partial charge in [0.1, 0.15) is 0 Å². The maximum atomic E-state index is 12.4. The molecule has 0 radical (unpaired) electrons. The molecule has 0 saturated heterocycles. The largest absolute Gasteiger partial charge is 0.465 e. The van der Waals surface area contributed by atoms with Crippen LogP contribution in [0.4, 0.5) is 5.00 Å². The van der Waals surface area contributed by atoms with Gasteiger partial charge in [0, 0.05) is 24.0 Å². The lowest BCUT2D eigenvalue weighted by molar-refractivity contribution is -0.380. The molecule has 286 valence electrons. The van der Waals surface area contributed by atoms with Crippen molar-refractivity contribution in [2.75, 3.05) is 52.6 Å². The summed E-state index contributed by atoms with van der Waals surface area (Å²) in [5, 5.41) is 11.5. The van der Waals surface area contributed by atoms with Gasteiger partial charge in [-0.25, -0.2) is 15.0 Å². The molecule has 16 nitrogen and oxygen atoms in total. The van der Waals surface area contributed by atoms with Crippen molar-refractivity contribution in [3.8, 4) is 33.2 Å². The number of aromatic nitrogens is 3. The molecule has 0 aliphatic carbocycles. The van der Waals surface area contributed by atoms with Crippen LogP contribution in [0.5, 0.6) is 0 Å². The van der Waals surface area contributed by atoms with Crippen LogP contribution in [-0.4, -0.2) is 106 Å². The third kappa shape index (κ3) is 12.5. The smallest absolute Gasteiger partial charge is 0.324 e. The Labute approximate surface area is 316 Å². The Bertz CT molecular complexity index is 1790. The second-order valence-corrected chi connectivity index (χ2v) is 12.6. The van der Waals surface area contributed by atoms with Gasteiger partial charge in [-0.3, -0.25) is 39.1 Å². The van der Waals surface area contributed by atoms with Gasteiger partial charge in [0.05, 0.1) is 91.7 Å². The molecule has 0 spiro atoms. The first-order valence-corrected chi connectivity index (χ1v) is 18.1. The Kier molecular flexibility index (Phi) is 15.6. The molecule has 4 heterocycles. The summed E-state index contributed by atoms with van der Waals surface area (Å²) in [6.07, 6.45) is 0. The van der Waals surface area contributed by atoms with Crippen LogP contribution in [-0.2, 0) is 51.2 Å². The summed E-state index contributed by atoms with van der Waals surface area (Å²) in [4.78, 5) is 78.8. The van der Waals surface area contributed by atoms with Crippen molar-refractivity contribution < 1.29 is 43.0 Å². The summed E-state index contributed by atoms with van der Waals surface area (Å²) in [5.41, 5.74) is 3.47. The average Bonchev–Trinajstić information content (AvgIpc) is 3.63. The standard InChI is InChI=1S/C37H42N6O10S/c1-5-50-34(44)21-41(22-35(45)51-6-2)19-26-11-9-13-28(38-26)30-17-25(32-15-16-33(54-32)43(48)49)18-31(40-30)29-14-10-12-27(39-29)20-42(23-36(46)52-7-3)24-37(47)53-8-4/h9-18H,5-8,19-24H2,1-4H3. The van der Waals surface area contributed by atoms with E-state index in [9.17, 15) is 29.3 Å². The highest BCUT2D eigenvalue weighted by Gasteiger charge is 2.21. The molecule has 0 aliphatic heterocycles. The Morgan fingerprint density at radius 3 is 1.37 bits per heavy atom. The molecule has 17 heteroatoms. The molecular formula is C37H42N6O10S. The molecule has 0 fully saturated rings. The SMILES string of the molecule is CCOC(=O)CN(CC(=O)OCC)Cc1cccc(-c2cc(-c3ccc([N+](=O)[O-])s3)cc(-c3cccc(CN(CC(=O)OCC)CC(=O)OCC)n3)n2)n1. The van der Waals surface area contributed by atoms with E-state index in [-0.39, 0.29) is 70.7 Å². The van der Waals surface area contributed by atoms with Crippen LogP contribution in [0.1, 0.15) is 39.1 Å². The second-order valence-electron chi connectivity index (χ2n) is 11.6. The Balaban J connectivity index is 1.73. The van der Waals surface area contributed by atoms with Crippen molar-refractivity contribution in [3.63, 3.8) is 0 Å². The number of carbonyl (C=O) groups excluding carboxylic acids is 4. The highest BCUT2D eigenvalue weighted by atomic mass is 32.1. The molecule has 4 aromatic rings. The fourth-order valence-electron chi connectivity index (χ4n) is 5.29. The topological polar surface area (TPSA) is 193 Å². The van der Waals surface area contributed by atoms with E-state index in [2.05, 4.69) is 0 Å². The number of ether oxygens (including phenoxy) is 4. The lowest BCUT2D eigenvalue weighted by Gasteiger charge is -2.20. The fourth-order valence-corrected chi connectivity index (χ4v) is 6.09. The van der Waals surface area contributed by atoms with Gasteiger partial charge >= 0.3 is 28.9 Å². The summed E-state index contributed by atoms with van der Waals surface area (Å²) in [6, 6.07) is 17.2. The van der Waals surface area contributed by atoms with Crippen LogP contribution in [0.2, 0.25) is 0 Å². The third-order valence-corrected chi connectivity index (χ3v) is 8.51. The average molecular weight is 763 g/mol. The molecule has 0 unspecified atom stereocenters. The summed E-state index contributed by atoms with van der Waals surface area (Å²) < 4.78 is 20.4. The first-order chi connectivity index (χ1) is 26.0. The Hall–Kier alpha value is -5.65. The molecule has 54 heavy (non-hydrogen) atoms. The molecule has 0 saturated carbocycles. The second kappa shape index (κ2) is 20.6. The van der Waals surface area contributed by atoms with Gasteiger partial charge in [-0.2, -0.15) is 0 Å². The quantitative estimate of drug-likeness (QED) is 0.0520. The molecule has 0 aliphatic rings. The number of nitrogens with zero attached hydrogens (tertiary/aromatic N) is 6. The third-order valence-electron chi connectivity index (χ3n) is 7.42. The van der Waals surface area contributed by atoms with Crippen LogP contribution in [0.15, 0.2) is 60.7 Å². The minimum absolute atomic E-state index is 0.0308. The number of pyridine rings is 3. The highest BCUT2D eigenvalue weighted by Crippen LogP contribution is 2.36. The van der Waals surface area contributed by atoms with Gasteiger partial charge in [0.25, 0.3) is 0 Å². The Morgan fingerprint density at radius 1 is 0.611 bits per heavy atom. The van der Waals surface area contributed by atoms with Crippen molar-refractivity contribution in [2.24, 2.45) is 0 Å². The van der Waals surface area contributed by atoms with E-state index in [4.69, 9.17) is 33.9 Å². The first kappa shape index (κ1) is 41.1. The predicted molar refractivity (Wildman–Crippen MR) is 198 cm³/mol. The van der Waals surface area contributed by atoms with Crippen LogP contribution in [0, 0.1) is 10.1 Å². The predicted octanol–water partition coefficient (Wildman–Crippen LogP) is 4.70. The zero-order valence-corrected chi connectivity index (χ0v) is 31.3. The summed E-state index contributed by atoms with van der Waals surface area (Å²) in [5.74, 6) is -1.99. The number of thiophene rings is 1. The van der Waals surface area contributed by atoms with E-state index in [0.29, 0.717) is 44.6 Å². The fraction of sp³-hybridized carbons (Fsp3) is 0.378. The molecule has 0 bridgehead atoms. The van der Waals surface area contributed by atoms with Gasteiger partial charge in [-0.05, 0) is 75.7 Å². The number of carbonyl (C=O) groups is 4. The highest BCUT2D eigenvalue weighted by molar-refractivity contribution is 7.18. The Morgan fingerprint density at radius 2 is 1.02 bits per heavy atom. The number of esters is 4. The summed E-state index contributed by atoms with van der Waals surface area (Å²) in [6.45, 7) is 7.14. The van der Waals surface area contributed by atoms with E-state index >= 15 is 0 Å². The van der Waals surface area contributed by atoms with Crippen LogP contribution < -0.4 is 0 Å². The van der Waals surface area contributed by atoms with Crippen molar-refractivity contribution in [3.05, 3.63) is 82.2 Å². The first-order valence-electron chi connectivity index (χ1n) is 17.3. The molecular weight excluding hydrogens is 721 g/mol. The molecule has 0 amide bonds. The molecule has 0 N–H and O–H groups in total. The zero-order chi connectivity index (χ0) is 39.0. The lowest BCUT2D eigenvalue weighted by atomic mass is 10.1. The van der Waals surface area contributed by atoms with Gasteiger partial charge in [-0.1, -0.05) is 23.5 Å². The van der Waals surface area contributed by atoms with E-state index in [1.165, 1.54) is 6.07 Å².